The van der Waals surface area contributed by atoms with Crippen molar-refractivity contribution >= 4 is 21.4 Å². The Bertz CT molecular complexity index is 786. The second-order valence-electron chi connectivity index (χ2n) is 8.95. The Kier molecular flexibility index (Phi) is 4.32. The summed E-state index contributed by atoms with van der Waals surface area (Å²) >= 11 is 1.89. The molecule has 2 heteroatoms. The predicted molar refractivity (Wildman–Crippen MR) is 106 cm³/mol. The number of benzene rings is 1. The summed E-state index contributed by atoms with van der Waals surface area (Å²) in [5.41, 5.74) is 3.23. The van der Waals surface area contributed by atoms with Crippen LogP contribution in [-0.2, 0) is 11.2 Å². The zero-order valence-corrected chi connectivity index (χ0v) is 16.9. The predicted octanol–water partition coefficient (Wildman–Crippen LogP) is 6.89. The van der Waals surface area contributed by atoms with Crippen LogP contribution in [0.15, 0.2) is 35.6 Å². The van der Waals surface area contributed by atoms with Crippen molar-refractivity contribution < 1.29 is 4.74 Å². The Balaban J connectivity index is 1.84. The Morgan fingerprint density at radius 2 is 1.83 bits per heavy atom. The minimum atomic E-state index is 0.110. The standard InChI is InChI=1S/C22H30OS/c1-14-11-17-16(9-8-10-19(17)24-14)13-22(6,7)20-12-18(15(2)23-20)21(3,4)5/h8-11,20H,12-13H2,1-7H3. The normalized spacial score (nSPS) is 19.2. The van der Waals surface area contributed by atoms with Gasteiger partial charge in [-0.05, 0) is 54.3 Å². The Hall–Kier alpha value is -1.28. The molecule has 0 amide bonds. The molecule has 3 rings (SSSR count). The molecule has 130 valence electrons. The fourth-order valence-electron chi connectivity index (χ4n) is 3.93. The molecule has 0 spiro atoms. The summed E-state index contributed by atoms with van der Waals surface area (Å²) in [6.45, 7) is 15.9. The van der Waals surface area contributed by atoms with Gasteiger partial charge in [-0.15, -0.1) is 11.3 Å². The summed E-state index contributed by atoms with van der Waals surface area (Å²) in [4.78, 5) is 1.39. The van der Waals surface area contributed by atoms with Crippen LogP contribution in [0.25, 0.3) is 10.1 Å². The summed E-state index contributed by atoms with van der Waals surface area (Å²) in [7, 11) is 0. The highest BCUT2D eigenvalue weighted by Crippen LogP contribution is 2.45. The van der Waals surface area contributed by atoms with Gasteiger partial charge in [0.1, 0.15) is 6.10 Å². The molecule has 1 unspecified atom stereocenters. The fraction of sp³-hybridized carbons (Fsp3) is 0.545. The number of allylic oxidation sites excluding steroid dienone is 1. The molecule has 24 heavy (non-hydrogen) atoms. The molecule has 0 saturated heterocycles. The SMILES string of the molecule is CC1=C(C(C)(C)C)CC(C(C)(C)Cc2cccc3sc(C)cc23)O1. The van der Waals surface area contributed by atoms with Crippen LogP contribution in [0.2, 0.25) is 0 Å². The van der Waals surface area contributed by atoms with Gasteiger partial charge >= 0.3 is 0 Å². The van der Waals surface area contributed by atoms with Gasteiger partial charge < -0.3 is 4.74 Å². The lowest BCUT2D eigenvalue weighted by Gasteiger charge is -2.32. The van der Waals surface area contributed by atoms with Crippen LogP contribution in [-0.4, -0.2) is 6.10 Å². The van der Waals surface area contributed by atoms with Crippen LogP contribution in [0, 0.1) is 17.8 Å². The van der Waals surface area contributed by atoms with Crippen LogP contribution >= 0.6 is 11.3 Å². The number of rotatable bonds is 3. The van der Waals surface area contributed by atoms with Crippen molar-refractivity contribution in [1.29, 1.82) is 0 Å². The second-order valence-corrected chi connectivity index (χ2v) is 10.2. The molecule has 1 nitrogen and oxygen atoms in total. The van der Waals surface area contributed by atoms with Crippen LogP contribution in [0.3, 0.4) is 0 Å². The van der Waals surface area contributed by atoms with Crippen LogP contribution < -0.4 is 0 Å². The summed E-state index contributed by atoms with van der Waals surface area (Å²) in [6.07, 6.45) is 2.37. The molecule has 0 saturated carbocycles. The van der Waals surface area contributed by atoms with Crippen molar-refractivity contribution in [3.8, 4) is 0 Å². The molecule has 0 N–H and O–H groups in total. The molecule has 1 atom stereocenters. The van der Waals surface area contributed by atoms with Gasteiger partial charge in [-0.25, -0.2) is 0 Å². The third-order valence-electron chi connectivity index (χ3n) is 5.33. The van der Waals surface area contributed by atoms with Gasteiger partial charge in [0.15, 0.2) is 0 Å². The quantitative estimate of drug-likeness (QED) is 0.590. The van der Waals surface area contributed by atoms with Crippen molar-refractivity contribution in [2.45, 2.75) is 67.4 Å². The monoisotopic (exact) mass is 342 g/mol. The molecule has 1 aromatic heterocycles. The zero-order chi connectivity index (χ0) is 17.7. The Labute approximate surface area is 150 Å². The molecule has 0 bridgehead atoms. The molecular formula is C22H30OS. The average Bonchev–Trinajstić information content (AvgIpc) is 3.01. The van der Waals surface area contributed by atoms with E-state index in [1.54, 1.807) is 0 Å². The van der Waals surface area contributed by atoms with E-state index in [2.05, 4.69) is 72.7 Å². The van der Waals surface area contributed by atoms with E-state index in [0.29, 0.717) is 0 Å². The first-order valence-corrected chi connectivity index (χ1v) is 9.74. The van der Waals surface area contributed by atoms with Crippen LogP contribution in [0.5, 0.6) is 0 Å². The van der Waals surface area contributed by atoms with Crippen molar-refractivity contribution in [3.05, 3.63) is 46.0 Å². The minimum absolute atomic E-state index is 0.110. The number of ether oxygens (including phenoxy) is 1. The molecule has 1 aromatic carbocycles. The van der Waals surface area contributed by atoms with Gasteiger partial charge in [-0.1, -0.05) is 46.8 Å². The second kappa shape index (κ2) is 5.91. The highest BCUT2D eigenvalue weighted by Gasteiger charge is 2.39. The van der Waals surface area contributed by atoms with E-state index < -0.39 is 0 Å². The average molecular weight is 343 g/mol. The van der Waals surface area contributed by atoms with Crippen molar-refractivity contribution in [2.24, 2.45) is 10.8 Å². The zero-order valence-electron chi connectivity index (χ0n) is 16.1. The third-order valence-corrected chi connectivity index (χ3v) is 6.35. The lowest BCUT2D eigenvalue weighted by Crippen LogP contribution is -2.32. The lowest BCUT2D eigenvalue weighted by molar-refractivity contribution is 0.0387. The Morgan fingerprint density at radius 3 is 2.46 bits per heavy atom. The molecular weight excluding hydrogens is 312 g/mol. The number of hydrogen-bond acceptors (Lipinski definition) is 2. The summed E-state index contributed by atoms with van der Waals surface area (Å²) < 4.78 is 7.74. The number of hydrogen-bond donors (Lipinski definition) is 0. The molecule has 0 fully saturated rings. The molecule has 1 aliphatic heterocycles. The smallest absolute Gasteiger partial charge is 0.107 e. The van der Waals surface area contributed by atoms with Gasteiger partial charge in [0.25, 0.3) is 0 Å². The molecule has 0 radical (unpaired) electrons. The molecule has 2 heterocycles. The van der Waals surface area contributed by atoms with E-state index in [0.717, 1.165) is 18.6 Å². The Morgan fingerprint density at radius 1 is 1.12 bits per heavy atom. The number of aryl methyl sites for hydroxylation is 1. The first kappa shape index (κ1) is 17.5. The topological polar surface area (TPSA) is 9.23 Å². The fourth-order valence-corrected chi connectivity index (χ4v) is 4.90. The molecule has 1 aliphatic rings. The number of fused-ring (bicyclic) bond motifs is 1. The maximum Gasteiger partial charge on any atom is 0.107 e. The van der Waals surface area contributed by atoms with E-state index >= 15 is 0 Å². The largest absolute Gasteiger partial charge is 0.494 e. The maximum absolute atomic E-state index is 6.34. The van der Waals surface area contributed by atoms with Gasteiger partial charge in [0.2, 0.25) is 0 Å². The minimum Gasteiger partial charge on any atom is -0.494 e. The van der Waals surface area contributed by atoms with Gasteiger partial charge in [-0.3, -0.25) is 0 Å². The number of thiophene rings is 1. The summed E-state index contributed by atoms with van der Waals surface area (Å²) in [5, 5.41) is 1.42. The first-order chi connectivity index (χ1) is 11.1. The van der Waals surface area contributed by atoms with E-state index in [4.69, 9.17) is 4.74 Å². The highest BCUT2D eigenvalue weighted by atomic mass is 32.1. The van der Waals surface area contributed by atoms with Gasteiger partial charge in [0.05, 0.1) is 5.76 Å². The van der Waals surface area contributed by atoms with E-state index in [1.165, 1.54) is 26.1 Å². The van der Waals surface area contributed by atoms with Gasteiger partial charge in [-0.2, -0.15) is 0 Å². The lowest BCUT2D eigenvalue weighted by atomic mass is 9.75. The van der Waals surface area contributed by atoms with Gasteiger partial charge in [0, 0.05) is 21.4 Å². The third kappa shape index (κ3) is 3.26. The van der Waals surface area contributed by atoms with Crippen molar-refractivity contribution in [3.63, 3.8) is 0 Å². The van der Waals surface area contributed by atoms with E-state index in [1.807, 2.05) is 11.3 Å². The maximum atomic E-state index is 6.34. The molecule has 2 aromatic rings. The van der Waals surface area contributed by atoms with Crippen LogP contribution in [0.1, 0.15) is 58.4 Å². The van der Waals surface area contributed by atoms with E-state index in [-0.39, 0.29) is 16.9 Å². The van der Waals surface area contributed by atoms with E-state index in [9.17, 15) is 0 Å². The summed E-state index contributed by atoms with van der Waals surface area (Å²) in [5.74, 6) is 1.14. The van der Waals surface area contributed by atoms with Crippen molar-refractivity contribution in [1.82, 2.24) is 0 Å². The van der Waals surface area contributed by atoms with Crippen LogP contribution in [0.4, 0.5) is 0 Å². The summed E-state index contributed by atoms with van der Waals surface area (Å²) in [6, 6.07) is 9.06. The highest BCUT2D eigenvalue weighted by molar-refractivity contribution is 7.19. The van der Waals surface area contributed by atoms with Crippen molar-refractivity contribution in [2.75, 3.05) is 0 Å². The first-order valence-electron chi connectivity index (χ1n) is 8.93. The molecule has 0 aliphatic carbocycles.